The Morgan fingerprint density at radius 3 is 2.66 bits per heavy atom. The molecule has 3 fully saturated rings. The van der Waals surface area contributed by atoms with E-state index in [1.54, 1.807) is 42.6 Å². The number of aliphatic hydroxyl groups excluding tert-OH is 1. The molecule has 4 aromatic rings. The van der Waals surface area contributed by atoms with Gasteiger partial charge in [0.05, 0.1) is 29.8 Å². The van der Waals surface area contributed by atoms with Gasteiger partial charge in [-0.3, -0.25) is 9.88 Å². The number of nitrogens with zero attached hydrogens (tertiary/aromatic N) is 5. The Morgan fingerprint density at radius 1 is 1.07 bits per heavy atom. The fourth-order valence-electron chi connectivity index (χ4n) is 7.06. The van der Waals surface area contributed by atoms with Gasteiger partial charge in [0.15, 0.2) is 5.82 Å². The minimum absolute atomic E-state index is 0.00895. The third-order valence-corrected chi connectivity index (χ3v) is 9.17. The SMILES string of the molecule is N=C(/C=C1/CN(c2nc(OCC34CCCN3CCC4)nc3c(F)c(-c4cccc5cccc(F)c45)ncc23)CCCN1)CO. The Hall–Kier alpha value is -4.22. The highest BCUT2D eigenvalue weighted by Gasteiger charge is 2.45. The van der Waals surface area contributed by atoms with Crippen molar-refractivity contribution in [3.8, 4) is 17.3 Å². The van der Waals surface area contributed by atoms with Gasteiger partial charge in [0.1, 0.15) is 29.5 Å². The number of anilines is 1. The second kappa shape index (κ2) is 11.7. The number of benzene rings is 2. The van der Waals surface area contributed by atoms with Crippen LogP contribution in [0, 0.1) is 17.0 Å². The van der Waals surface area contributed by atoms with E-state index in [0.29, 0.717) is 53.8 Å². The number of hydrogen-bond donors (Lipinski definition) is 3. The molecule has 9 nitrogen and oxygen atoms in total. The second-order valence-corrected chi connectivity index (χ2v) is 11.9. The fourth-order valence-corrected chi connectivity index (χ4v) is 7.06. The Labute approximate surface area is 254 Å². The highest BCUT2D eigenvalue weighted by atomic mass is 19.1. The summed E-state index contributed by atoms with van der Waals surface area (Å²) in [5, 5.41) is 22.1. The maximum absolute atomic E-state index is 16.6. The maximum atomic E-state index is 16.6. The lowest BCUT2D eigenvalue weighted by molar-refractivity contribution is 0.108. The Balaban J connectivity index is 1.35. The van der Waals surface area contributed by atoms with Gasteiger partial charge >= 0.3 is 6.01 Å². The zero-order valence-corrected chi connectivity index (χ0v) is 24.5. The maximum Gasteiger partial charge on any atom is 0.319 e. The first kappa shape index (κ1) is 28.5. The highest BCUT2D eigenvalue weighted by Crippen LogP contribution is 2.40. The molecule has 7 rings (SSSR count). The van der Waals surface area contributed by atoms with Crippen molar-refractivity contribution in [2.45, 2.75) is 37.6 Å². The van der Waals surface area contributed by atoms with Gasteiger partial charge in [-0.2, -0.15) is 9.97 Å². The van der Waals surface area contributed by atoms with E-state index in [0.717, 1.165) is 50.9 Å². The van der Waals surface area contributed by atoms with Crippen LogP contribution in [-0.4, -0.2) is 82.1 Å². The first-order valence-electron chi connectivity index (χ1n) is 15.3. The van der Waals surface area contributed by atoms with Crippen LogP contribution in [0.1, 0.15) is 32.1 Å². The molecule has 2 aromatic heterocycles. The summed E-state index contributed by atoms with van der Waals surface area (Å²) in [6.07, 6.45) is 8.27. The smallest absolute Gasteiger partial charge is 0.319 e. The summed E-state index contributed by atoms with van der Waals surface area (Å²) in [6.45, 7) is 3.81. The molecule has 3 saturated heterocycles. The molecule has 228 valence electrons. The average Bonchev–Trinajstić information content (AvgIpc) is 3.53. The molecule has 0 bridgehead atoms. The van der Waals surface area contributed by atoms with Crippen LogP contribution in [0.25, 0.3) is 32.9 Å². The van der Waals surface area contributed by atoms with E-state index < -0.39 is 11.6 Å². The van der Waals surface area contributed by atoms with Crippen molar-refractivity contribution in [3.63, 3.8) is 0 Å². The topological polar surface area (TPSA) is 110 Å². The Morgan fingerprint density at radius 2 is 1.86 bits per heavy atom. The summed E-state index contributed by atoms with van der Waals surface area (Å²) in [5.74, 6) is -0.642. The molecule has 3 N–H and O–H groups in total. The van der Waals surface area contributed by atoms with Crippen molar-refractivity contribution in [2.24, 2.45) is 0 Å². The lowest BCUT2D eigenvalue weighted by atomic mass is 9.95. The lowest BCUT2D eigenvalue weighted by Gasteiger charge is -2.31. The molecule has 3 aliphatic rings. The molecule has 11 heteroatoms. The van der Waals surface area contributed by atoms with Gasteiger partial charge in [0.25, 0.3) is 0 Å². The molecule has 44 heavy (non-hydrogen) atoms. The third kappa shape index (κ3) is 5.13. The molecular formula is C33H35F2N7O2. The average molecular weight is 600 g/mol. The summed E-state index contributed by atoms with van der Waals surface area (Å²) < 4.78 is 38.0. The van der Waals surface area contributed by atoms with Gasteiger partial charge < -0.3 is 25.5 Å². The Bertz CT molecular complexity index is 1760. The molecule has 3 aliphatic heterocycles. The van der Waals surface area contributed by atoms with Crippen molar-refractivity contribution < 1.29 is 18.6 Å². The summed E-state index contributed by atoms with van der Waals surface area (Å²) >= 11 is 0. The minimum atomic E-state index is -0.668. The van der Waals surface area contributed by atoms with Crippen LogP contribution in [0.2, 0.25) is 0 Å². The minimum Gasteiger partial charge on any atom is -0.461 e. The van der Waals surface area contributed by atoms with Crippen LogP contribution < -0.4 is 15.0 Å². The van der Waals surface area contributed by atoms with Gasteiger partial charge in [-0.15, -0.1) is 0 Å². The van der Waals surface area contributed by atoms with E-state index in [1.165, 1.54) is 6.07 Å². The molecule has 5 heterocycles. The van der Waals surface area contributed by atoms with Crippen LogP contribution in [0.5, 0.6) is 6.01 Å². The number of ether oxygens (including phenoxy) is 1. The molecule has 0 atom stereocenters. The number of fused-ring (bicyclic) bond motifs is 3. The molecule has 0 saturated carbocycles. The monoisotopic (exact) mass is 599 g/mol. The van der Waals surface area contributed by atoms with Crippen molar-refractivity contribution in [3.05, 3.63) is 66.0 Å². The van der Waals surface area contributed by atoms with Crippen LogP contribution in [0.15, 0.2) is 54.4 Å². The van der Waals surface area contributed by atoms with Crippen LogP contribution >= 0.6 is 0 Å². The van der Waals surface area contributed by atoms with Crippen LogP contribution in [-0.2, 0) is 0 Å². The normalized spacial score (nSPS) is 19.3. The number of halogens is 2. The Kier molecular flexibility index (Phi) is 7.59. The highest BCUT2D eigenvalue weighted by molar-refractivity contribution is 5.99. The fraction of sp³-hybridized carbons (Fsp3) is 0.394. The van der Waals surface area contributed by atoms with E-state index in [-0.39, 0.29) is 35.1 Å². The van der Waals surface area contributed by atoms with Gasteiger partial charge in [0.2, 0.25) is 0 Å². The van der Waals surface area contributed by atoms with Crippen LogP contribution in [0.4, 0.5) is 14.6 Å². The predicted molar refractivity (Wildman–Crippen MR) is 166 cm³/mol. The van der Waals surface area contributed by atoms with E-state index in [2.05, 4.69) is 20.2 Å². The van der Waals surface area contributed by atoms with Crippen molar-refractivity contribution >= 4 is 33.2 Å². The first-order chi connectivity index (χ1) is 21.5. The standard InChI is InChI=1S/C33H35F2N7O2/c34-26-9-2-7-21-6-1-8-24(27(21)26)29-28(35)30-25(17-38-29)31(41-13-5-12-37-23(18-41)16-22(36)19-43)40-32(39-30)44-20-33-10-3-14-42(33)15-4-11-33/h1-2,6-9,16-17,36-37,43H,3-5,10-15,18-20H2/b23-16-,36-22?. The summed E-state index contributed by atoms with van der Waals surface area (Å²) in [6, 6.07) is 10.1. The van der Waals surface area contributed by atoms with E-state index in [1.807, 2.05) is 4.90 Å². The quantitative estimate of drug-likeness (QED) is 0.259. The van der Waals surface area contributed by atoms with Crippen molar-refractivity contribution in [1.82, 2.24) is 25.2 Å². The number of nitrogens with one attached hydrogen (secondary N) is 2. The number of aromatic nitrogens is 3. The molecule has 0 aliphatic carbocycles. The first-order valence-corrected chi connectivity index (χ1v) is 15.3. The molecule has 0 radical (unpaired) electrons. The van der Waals surface area contributed by atoms with Gasteiger partial charge in [0, 0.05) is 35.9 Å². The molecular weight excluding hydrogens is 564 g/mol. The van der Waals surface area contributed by atoms with Gasteiger partial charge in [-0.25, -0.2) is 8.78 Å². The van der Waals surface area contributed by atoms with Gasteiger partial charge in [-0.05, 0) is 62.7 Å². The number of pyridine rings is 1. The number of hydrogen-bond acceptors (Lipinski definition) is 9. The number of rotatable bonds is 7. The van der Waals surface area contributed by atoms with Gasteiger partial charge in [-0.1, -0.05) is 30.3 Å². The van der Waals surface area contributed by atoms with E-state index in [9.17, 15) is 5.11 Å². The number of aliphatic hydroxyl groups is 1. The largest absolute Gasteiger partial charge is 0.461 e. The molecule has 0 amide bonds. The zero-order valence-electron chi connectivity index (χ0n) is 24.5. The summed E-state index contributed by atoms with van der Waals surface area (Å²) in [7, 11) is 0. The molecule has 0 spiro atoms. The summed E-state index contributed by atoms with van der Waals surface area (Å²) in [5.41, 5.74) is 1.20. The molecule has 0 unspecified atom stereocenters. The van der Waals surface area contributed by atoms with E-state index >= 15 is 8.78 Å². The lowest BCUT2D eigenvalue weighted by Crippen LogP contribution is -2.43. The second-order valence-electron chi connectivity index (χ2n) is 11.9. The van der Waals surface area contributed by atoms with E-state index in [4.69, 9.17) is 15.1 Å². The van der Waals surface area contributed by atoms with Crippen molar-refractivity contribution in [2.75, 3.05) is 50.8 Å². The van der Waals surface area contributed by atoms with Crippen molar-refractivity contribution in [1.29, 1.82) is 5.41 Å². The molecule has 2 aromatic carbocycles. The zero-order chi connectivity index (χ0) is 30.3. The summed E-state index contributed by atoms with van der Waals surface area (Å²) in [4.78, 5) is 18.4. The third-order valence-electron chi connectivity index (χ3n) is 9.17. The predicted octanol–water partition coefficient (Wildman–Crippen LogP) is 4.83. The van der Waals surface area contributed by atoms with Crippen LogP contribution in [0.3, 0.4) is 0 Å².